The molecule has 1 aliphatic carbocycles. The van der Waals surface area contributed by atoms with E-state index in [1.807, 2.05) is 23.6 Å². The Kier molecular flexibility index (Phi) is 5.28. The number of pyridine rings is 1. The summed E-state index contributed by atoms with van der Waals surface area (Å²) in [5.74, 6) is 1.19. The summed E-state index contributed by atoms with van der Waals surface area (Å²) in [5, 5.41) is 4.98. The van der Waals surface area contributed by atoms with Gasteiger partial charge in [0.15, 0.2) is 11.5 Å². The van der Waals surface area contributed by atoms with Crippen molar-refractivity contribution in [3.8, 4) is 22.1 Å². The zero-order valence-corrected chi connectivity index (χ0v) is 17.9. The molecule has 1 fully saturated rings. The molecule has 2 N–H and O–H groups in total. The maximum atomic E-state index is 12.9. The molecule has 2 aromatic heterocycles. The van der Waals surface area contributed by atoms with Crippen molar-refractivity contribution in [2.45, 2.75) is 31.1 Å². The Balaban J connectivity index is 1.35. The number of aromatic amines is 1. The average molecular weight is 437 g/mol. The van der Waals surface area contributed by atoms with Crippen LogP contribution in [-0.4, -0.2) is 30.6 Å². The number of amides is 1. The van der Waals surface area contributed by atoms with Gasteiger partial charge in [0, 0.05) is 12.0 Å². The van der Waals surface area contributed by atoms with E-state index in [1.54, 1.807) is 23.5 Å². The van der Waals surface area contributed by atoms with Crippen LogP contribution < -0.4 is 20.3 Å². The van der Waals surface area contributed by atoms with Crippen molar-refractivity contribution in [3.63, 3.8) is 0 Å². The number of aromatic nitrogens is 1. The number of nitrogens with one attached hydrogen (secondary N) is 2. The van der Waals surface area contributed by atoms with E-state index in [9.17, 15) is 9.59 Å². The Morgan fingerprint density at radius 2 is 1.87 bits per heavy atom. The number of hydrogen-bond donors (Lipinski definition) is 2. The second kappa shape index (κ2) is 8.23. The van der Waals surface area contributed by atoms with Gasteiger partial charge < -0.3 is 19.8 Å². The van der Waals surface area contributed by atoms with Crippen LogP contribution in [0.5, 0.6) is 11.5 Å². The van der Waals surface area contributed by atoms with Gasteiger partial charge in [-0.2, -0.15) is 0 Å². The molecular formula is C24H24N2O4S. The van der Waals surface area contributed by atoms with Crippen LogP contribution in [0, 0.1) is 0 Å². The van der Waals surface area contributed by atoms with Gasteiger partial charge in [0.2, 0.25) is 0 Å². The Labute approximate surface area is 184 Å². The van der Waals surface area contributed by atoms with E-state index in [0.29, 0.717) is 19.8 Å². The minimum absolute atomic E-state index is 0.135. The van der Waals surface area contributed by atoms with E-state index in [1.165, 1.54) is 0 Å². The molecule has 0 atom stereocenters. The number of hydrogen-bond acceptors (Lipinski definition) is 5. The normalized spacial score (nSPS) is 16.8. The lowest BCUT2D eigenvalue weighted by atomic mass is 9.78. The van der Waals surface area contributed by atoms with Crippen LogP contribution in [0.25, 0.3) is 10.6 Å². The van der Waals surface area contributed by atoms with Gasteiger partial charge in [-0.25, -0.2) is 0 Å². The van der Waals surface area contributed by atoms with Crippen LogP contribution >= 0.6 is 11.3 Å². The van der Waals surface area contributed by atoms with Gasteiger partial charge in [0.05, 0.1) is 10.6 Å². The molecule has 2 aliphatic rings. The number of fused-ring (bicyclic) bond motifs is 1. The first kappa shape index (κ1) is 19.9. The average Bonchev–Trinajstić information content (AvgIpc) is 3.50. The van der Waals surface area contributed by atoms with E-state index in [-0.39, 0.29) is 22.4 Å². The molecule has 1 aliphatic heterocycles. The molecule has 1 saturated carbocycles. The third-order valence-electron chi connectivity index (χ3n) is 6.24. The van der Waals surface area contributed by atoms with E-state index in [2.05, 4.69) is 22.4 Å². The zero-order valence-electron chi connectivity index (χ0n) is 17.1. The first-order valence-electron chi connectivity index (χ1n) is 10.6. The lowest BCUT2D eigenvalue weighted by Gasteiger charge is -2.31. The summed E-state index contributed by atoms with van der Waals surface area (Å²) in [6, 6.07) is 13.3. The molecule has 3 heterocycles. The van der Waals surface area contributed by atoms with Gasteiger partial charge in [-0.15, -0.1) is 11.3 Å². The van der Waals surface area contributed by atoms with Crippen LogP contribution in [0.2, 0.25) is 0 Å². The lowest BCUT2D eigenvalue weighted by Crippen LogP contribution is -2.40. The fraction of sp³-hybridized carbons (Fsp3) is 0.333. The number of H-pyrrole nitrogens is 1. The second-order valence-electron chi connectivity index (χ2n) is 8.12. The molecule has 0 bridgehead atoms. The number of benzene rings is 1. The fourth-order valence-corrected chi connectivity index (χ4v) is 5.27. The van der Waals surface area contributed by atoms with Gasteiger partial charge in [-0.05, 0) is 54.1 Å². The summed E-state index contributed by atoms with van der Waals surface area (Å²) in [6.45, 7) is 1.59. The van der Waals surface area contributed by atoms with E-state index in [0.717, 1.165) is 53.3 Å². The molecule has 160 valence electrons. The number of carbonyl (C=O) groups is 1. The molecule has 5 rings (SSSR count). The van der Waals surface area contributed by atoms with Crippen molar-refractivity contribution >= 4 is 17.2 Å². The highest BCUT2D eigenvalue weighted by atomic mass is 32.1. The minimum atomic E-state index is -0.372. The third-order valence-corrected chi connectivity index (χ3v) is 7.15. The molecule has 7 heteroatoms. The Bertz CT molecular complexity index is 1150. The van der Waals surface area contributed by atoms with Crippen LogP contribution in [0.1, 0.15) is 41.6 Å². The van der Waals surface area contributed by atoms with Crippen molar-refractivity contribution in [2.24, 2.45) is 0 Å². The molecule has 3 aromatic rings. The SMILES string of the molecule is O=C(NCC1(c2ccc3c(c2)OCCO3)CCCC1)c1ccc(-c2cccs2)[nH]c1=O. The Morgan fingerprint density at radius 3 is 2.61 bits per heavy atom. The topological polar surface area (TPSA) is 80.4 Å². The van der Waals surface area contributed by atoms with Crippen molar-refractivity contribution < 1.29 is 14.3 Å². The minimum Gasteiger partial charge on any atom is -0.486 e. The molecule has 0 radical (unpaired) electrons. The molecule has 1 aromatic carbocycles. The van der Waals surface area contributed by atoms with Gasteiger partial charge >= 0.3 is 0 Å². The smallest absolute Gasteiger partial charge is 0.261 e. The summed E-state index contributed by atoms with van der Waals surface area (Å²) in [7, 11) is 0. The highest BCUT2D eigenvalue weighted by Gasteiger charge is 2.37. The molecule has 0 saturated heterocycles. The van der Waals surface area contributed by atoms with Crippen LogP contribution in [-0.2, 0) is 5.41 Å². The quantitative estimate of drug-likeness (QED) is 0.631. The maximum absolute atomic E-state index is 12.9. The van der Waals surface area contributed by atoms with Crippen molar-refractivity contribution in [2.75, 3.05) is 19.8 Å². The summed E-state index contributed by atoms with van der Waals surface area (Å²) >= 11 is 1.54. The number of ether oxygens (including phenoxy) is 2. The standard InChI is InChI=1S/C24H24N2O4S/c27-22(17-6-7-18(26-23(17)28)21-4-3-13-31-21)25-15-24(9-1-2-10-24)16-5-8-19-20(14-16)30-12-11-29-19/h3-8,13-14H,1-2,9-12,15H2,(H,25,27)(H,26,28). The molecule has 0 unspecified atom stereocenters. The number of carbonyl (C=O) groups excluding carboxylic acids is 1. The Morgan fingerprint density at radius 1 is 1.06 bits per heavy atom. The first-order chi connectivity index (χ1) is 15.1. The van der Waals surface area contributed by atoms with Gasteiger partial charge in [-0.3, -0.25) is 9.59 Å². The summed E-state index contributed by atoms with van der Waals surface area (Å²) in [5.41, 5.74) is 1.48. The summed E-state index contributed by atoms with van der Waals surface area (Å²) in [6.07, 6.45) is 4.20. The largest absolute Gasteiger partial charge is 0.486 e. The highest BCUT2D eigenvalue weighted by Crippen LogP contribution is 2.43. The molecule has 0 spiro atoms. The summed E-state index contributed by atoms with van der Waals surface area (Å²) < 4.78 is 11.4. The van der Waals surface area contributed by atoms with Crippen LogP contribution in [0.4, 0.5) is 0 Å². The van der Waals surface area contributed by atoms with Crippen LogP contribution in [0.15, 0.2) is 52.6 Å². The van der Waals surface area contributed by atoms with Crippen molar-refractivity contribution in [1.82, 2.24) is 10.3 Å². The fourth-order valence-electron chi connectivity index (χ4n) is 4.57. The number of thiophene rings is 1. The Hall–Kier alpha value is -3.06. The molecule has 1 amide bonds. The highest BCUT2D eigenvalue weighted by molar-refractivity contribution is 7.13. The number of rotatable bonds is 5. The predicted octanol–water partition coefficient (Wildman–Crippen LogP) is 4.12. The molecular weight excluding hydrogens is 412 g/mol. The third kappa shape index (κ3) is 3.85. The van der Waals surface area contributed by atoms with Gasteiger partial charge in [-0.1, -0.05) is 25.0 Å². The second-order valence-corrected chi connectivity index (χ2v) is 9.07. The van der Waals surface area contributed by atoms with E-state index in [4.69, 9.17) is 9.47 Å². The summed E-state index contributed by atoms with van der Waals surface area (Å²) in [4.78, 5) is 29.2. The first-order valence-corrected chi connectivity index (χ1v) is 11.5. The monoisotopic (exact) mass is 436 g/mol. The van der Waals surface area contributed by atoms with Gasteiger partial charge in [0.1, 0.15) is 18.8 Å². The van der Waals surface area contributed by atoms with E-state index < -0.39 is 0 Å². The predicted molar refractivity (Wildman–Crippen MR) is 120 cm³/mol. The lowest BCUT2D eigenvalue weighted by molar-refractivity contribution is 0.0941. The van der Waals surface area contributed by atoms with Gasteiger partial charge in [0.25, 0.3) is 11.5 Å². The van der Waals surface area contributed by atoms with E-state index >= 15 is 0 Å². The zero-order chi connectivity index (χ0) is 21.3. The molecule has 31 heavy (non-hydrogen) atoms. The van der Waals surface area contributed by atoms with Crippen molar-refractivity contribution in [1.29, 1.82) is 0 Å². The van der Waals surface area contributed by atoms with Crippen LogP contribution in [0.3, 0.4) is 0 Å². The van der Waals surface area contributed by atoms with Crippen molar-refractivity contribution in [3.05, 3.63) is 69.3 Å². The maximum Gasteiger partial charge on any atom is 0.261 e. The molecule has 6 nitrogen and oxygen atoms in total.